The smallest absolute Gasteiger partial charge is 0.253 e. The fraction of sp³-hybridized carbons (Fsp3) is 0.444. The summed E-state index contributed by atoms with van der Waals surface area (Å²) in [6, 6.07) is 10.1. The first-order chi connectivity index (χ1) is 11.3. The van der Waals surface area contributed by atoms with Crippen LogP contribution in [0.4, 0.5) is 0 Å². The fourth-order valence-corrected chi connectivity index (χ4v) is 4.45. The van der Waals surface area contributed by atoms with Gasteiger partial charge in [0.05, 0.1) is 6.54 Å². The number of nitrogens with zero attached hydrogens (tertiary/aromatic N) is 3. The van der Waals surface area contributed by atoms with Gasteiger partial charge in [0.1, 0.15) is 5.01 Å². The van der Waals surface area contributed by atoms with Gasteiger partial charge in [0, 0.05) is 42.8 Å². The van der Waals surface area contributed by atoms with Crippen LogP contribution in [0.2, 0.25) is 0 Å². The SMILES string of the molecule is O=C(c1ccccc1)N1C[C@H]2CC[C@@H](C1)N(Cc1nccs1)C2. The average molecular weight is 327 g/mol. The third kappa shape index (κ3) is 3.16. The van der Waals surface area contributed by atoms with E-state index < -0.39 is 0 Å². The van der Waals surface area contributed by atoms with Gasteiger partial charge in [-0.3, -0.25) is 9.69 Å². The van der Waals surface area contributed by atoms with Crippen molar-refractivity contribution >= 4 is 17.2 Å². The van der Waals surface area contributed by atoms with E-state index in [1.54, 1.807) is 11.3 Å². The Morgan fingerprint density at radius 2 is 2.04 bits per heavy atom. The summed E-state index contributed by atoms with van der Waals surface area (Å²) in [6.07, 6.45) is 4.30. The van der Waals surface area contributed by atoms with Crippen molar-refractivity contribution in [2.45, 2.75) is 25.4 Å². The molecule has 120 valence electrons. The Morgan fingerprint density at radius 3 is 2.83 bits per heavy atom. The predicted octanol–water partition coefficient (Wildman–Crippen LogP) is 2.88. The van der Waals surface area contributed by atoms with Gasteiger partial charge in [-0.25, -0.2) is 4.98 Å². The lowest BCUT2D eigenvalue weighted by molar-refractivity contribution is 0.0736. The molecular formula is C18H21N3OS. The summed E-state index contributed by atoms with van der Waals surface area (Å²) in [5.41, 5.74) is 0.806. The first kappa shape index (κ1) is 14.8. The van der Waals surface area contributed by atoms with Crippen LogP contribution >= 0.6 is 11.3 Å². The molecule has 1 aromatic carbocycles. The van der Waals surface area contributed by atoms with Gasteiger partial charge in [-0.2, -0.15) is 0 Å². The molecule has 0 N–H and O–H groups in total. The van der Waals surface area contributed by atoms with Crippen molar-refractivity contribution in [1.29, 1.82) is 0 Å². The number of thiazole rings is 1. The molecule has 2 bridgehead atoms. The highest BCUT2D eigenvalue weighted by molar-refractivity contribution is 7.09. The molecule has 4 nitrogen and oxygen atoms in total. The number of fused-ring (bicyclic) bond motifs is 4. The summed E-state index contributed by atoms with van der Waals surface area (Å²) < 4.78 is 0. The molecule has 5 heteroatoms. The van der Waals surface area contributed by atoms with Gasteiger partial charge in [-0.05, 0) is 30.9 Å². The minimum absolute atomic E-state index is 0.179. The Kier molecular flexibility index (Phi) is 4.14. The quantitative estimate of drug-likeness (QED) is 0.870. The third-order valence-electron chi connectivity index (χ3n) is 4.96. The molecule has 3 aliphatic heterocycles. The molecule has 0 saturated carbocycles. The molecule has 3 aliphatic rings. The first-order valence-electron chi connectivity index (χ1n) is 8.26. The van der Waals surface area contributed by atoms with Crippen molar-refractivity contribution in [2.24, 2.45) is 5.92 Å². The van der Waals surface area contributed by atoms with Crippen molar-refractivity contribution < 1.29 is 4.79 Å². The second kappa shape index (κ2) is 6.42. The van der Waals surface area contributed by atoms with Crippen LogP contribution in [0, 0.1) is 5.92 Å². The van der Waals surface area contributed by atoms with E-state index in [0.29, 0.717) is 12.0 Å². The minimum Gasteiger partial charge on any atom is -0.337 e. The number of piperidine rings is 1. The number of carbonyl (C=O) groups excluding carboxylic acids is 1. The Morgan fingerprint density at radius 1 is 1.17 bits per heavy atom. The van der Waals surface area contributed by atoms with Crippen LogP contribution < -0.4 is 0 Å². The maximum absolute atomic E-state index is 12.8. The molecule has 0 unspecified atom stereocenters. The third-order valence-corrected chi connectivity index (χ3v) is 5.72. The van der Waals surface area contributed by atoms with E-state index in [1.165, 1.54) is 17.8 Å². The zero-order chi connectivity index (χ0) is 15.6. The largest absolute Gasteiger partial charge is 0.337 e. The molecule has 2 aromatic rings. The van der Waals surface area contributed by atoms with Crippen molar-refractivity contribution in [2.75, 3.05) is 19.6 Å². The minimum atomic E-state index is 0.179. The molecule has 0 aliphatic carbocycles. The lowest BCUT2D eigenvalue weighted by Crippen LogP contribution is -2.43. The average Bonchev–Trinajstić information content (AvgIpc) is 2.93. The van der Waals surface area contributed by atoms with Crippen molar-refractivity contribution in [3.63, 3.8) is 0 Å². The van der Waals surface area contributed by atoms with Crippen LogP contribution in [0.3, 0.4) is 0 Å². The summed E-state index contributed by atoms with van der Waals surface area (Å²) in [4.78, 5) is 21.8. The number of benzene rings is 1. The molecule has 23 heavy (non-hydrogen) atoms. The molecule has 5 rings (SSSR count). The number of aromatic nitrogens is 1. The summed E-state index contributed by atoms with van der Waals surface area (Å²) in [5, 5.41) is 3.22. The van der Waals surface area contributed by atoms with Crippen molar-refractivity contribution in [3.05, 3.63) is 52.5 Å². The van der Waals surface area contributed by atoms with Gasteiger partial charge in [-0.1, -0.05) is 18.2 Å². The Bertz CT molecular complexity index is 658. The van der Waals surface area contributed by atoms with Crippen LogP contribution in [0.15, 0.2) is 41.9 Å². The number of hydrogen-bond donors (Lipinski definition) is 0. The molecule has 3 saturated heterocycles. The first-order valence-corrected chi connectivity index (χ1v) is 9.14. The van der Waals surface area contributed by atoms with Crippen molar-refractivity contribution in [1.82, 2.24) is 14.8 Å². The molecular weight excluding hydrogens is 306 g/mol. The maximum Gasteiger partial charge on any atom is 0.253 e. The second-order valence-electron chi connectivity index (χ2n) is 6.53. The van der Waals surface area contributed by atoms with Crippen LogP contribution in [0.1, 0.15) is 28.2 Å². The van der Waals surface area contributed by atoms with E-state index in [2.05, 4.69) is 14.8 Å². The summed E-state index contributed by atoms with van der Waals surface area (Å²) in [5.74, 6) is 0.764. The standard InChI is InChI=1S/C18H21N3OS/c22-18(15-4-2-1-3-5-15)21-11-14-6-7-16(12-21)20(10-14)13-17-19-8-9-23-17/h1-5,8-9,14,16H,6-7,10-13H2/t14-,16-/m0/s1. The summed E-state index contributed by atoms with van der Waals surface area (Å²) >= 11 is 1.72. The topological polar surface area (TPSA) is 36.4 Å². The van der Waals surface area contributed by atoms with E-state index in [1.807, 2.05) is 41.9 Å². The van der Waals surface area contributed by atoms with E-state index in [4.69, 9.17) is 0 Å². The second-order valence-corrected chi connectivity index (χ2v) is 7.51. The molecule has 4 heterocycles. The van der Waals surface area contributed by atoms with Gasteiger partial charge < -0.3 is 4.90 Å². The highest BCUT2D eigenvalue weighted by atomic mass is 32.1. The van der Waals surface area contributed by atoms with E-state index in [-0.39, 0.29) is 5.91 Å². The summed E-state index contributed by atoms with van der Waals surface area (Å²) in [6.45, 7) is 3.74. The van der Waals surface area contributed by atoms with Crippen LogP contribution in [-0.2, 0) is 6.54 Å². The molecule has 2 atom stereocenters. The Labute approximate surface area is 140 Å². The number of amides is 1. The Hall–Kier alpha value is -1.72. The van der Waals surface area contributed by atoms with Gasteiger partial charge in [-0.15, -0.1) is 11.3 Å². The van der Waals surface area contributed by atoms with E-state index in [0.717, 1.165) is 31.7 Å². The van der Waals surface area contributed by atoms with Gasteiger partial charge in [0.25, 0.3) is 5.91 Å². The zero-order valence-electron chi connectivity index (χ0n) is 13.1. The fourth-order valence-electron chi connectivity index (χ4n) is 3.81. The zero-order valence-corrected chi connectivity index (χ0v) is 13.9. The van der Waals surface area contributed by atoms with Crippen LogP contribution in [-0.4, -0.2) is 46.4 Å². The van der Waals surface area contributed by atoms with E-state index in [9.17, 15) is 4.79 Å². The lowest BCUT2D eigenvalue weighted by Gasteiger charge is -2.35. The van der Waals surface area contributed by atoms with Crippen LogP contribution in [0.25, 0.3) is 0 Å². The Balaban J connectivity index is 1.50. The normalized spacial score (nSPS) is 24.6. The van der Waals surface area contributed by atoms with Crippen molar-refractivity contribution in [3.8, 4) is 0 Å². The monoisotopic (exact) mass is 327 g/mol. The highest BCUT2D eigenvalue weighted by Crippen LogP contribution is 2.30. The molecule has 1 amide bonds. The summed E-state index contributed by atoms with van der Waals surface area (Å²) in [7, 11) is 0. The van der Waals surface area contributed by atoms with E-state index >= 15 is 0 Å². The van der Waals surface area contributed by atoms with Gasteiger partial charge in [0.2, 0.25) is 0 Å². The lowest BCUT2D eigenvalue weighted by atomic mass is 9.95. The molecule has 3 fully saturated rings. The molecule has 0 radical (unpaired) electrons. The highest BCUT2D eigenvalue weighted by Gasteiger charge is 2.36. The number of hydrogen-bond acceptors (Lipinski definition) is 4. The van der Waals surface area contributed by atoms with Gasteiger partial charge in [0.15, 0.2) is 0 Å². The number of carbonyl (C=O) groups is 1. The maximum atomic E-state index is 12.8. The predicted molar refractivity (Wildman–Crippen MR) is 91.4 cm³/mol. The van der Waals surface area contributed by atoms with Crippen LogP contribution in [0.5, 0.6) is 0 Å². The molecule has 1 aromatic heterocycles. The van der Waals surface area contributed by atoms with Gasteiger partial charge >= 0.3 is 0 Å². The number of rotatable bonds is 3. The molecule has 0 spiro atoms.